The van der Waals surface area contributed by atoms with E-state index in [2.05, 4.69) is 13.8 Å². The Bertz CT molecular complexity index is 379. The van der Waals surface area contributed by atoms with E-state index < -0.39 is 12.0 Å². The van der Waals surface area contributed by atoms with Crippen LogP contribution in [-0.2, 0) is 14.3 Å². The zero-order valence-corrected chi connectivity index (χ0v) is 11.3. The Hall–Kier alpha value is -1.10. The van der Waals surface area contributed by atoms with Crippen LogP contribution in [0.15, 0.2) is 0 Å². The summed E-state index contributed by atoms with van der Waals surface area (Å²) < 4.78 is 5.06. The molecule has 0 spiro atoms. The van der Waals surface area contributed by atoms with Gasteiger partial charge in [-0.1, -0.05) is 13.8 Å². The lowest BCUT2D eigenvalue weighted by atomic mass is 10.0. The van der Waals surface area contributed by atoms with Crippen molar-refractivity contribution in [3.63, 3.8) is 0 Å². The van der Waals surface area contributed by atoms with E-state index in [0.29, 0.717) is 12.5 Å². The number of methoxy groups -OCH3 is 1. The fourth-order valence-corrected chi connectivity index (χ4v) is 3.27. The molecule has 0 aromatic carbocycles. The van der Waals surface area contributed by atoms with E-state index in [1.165, 1.54) is 4.90 Å². The van der Waals surface area contributed by atoms with Gasteiger partial charge in [-0.15, -0.1) is 0 Å². The molecule has 1 heterocycles. The number of amides is 1. The maximum absolute atomic E-state index is 12.1. The van der Waals surface area contributed by atoms with Crippen molar-refractivity contribution in [3.05, 3.63) is 0 Å². The summed E-state index contributed by atoms with van der Waals surface area (Å²) in [7, 11) is 1.55. The first-order valence-corrected chi connectivity index (χ1v) is 6.35. The van der Waals surface area contributed by atoms with Gasteiger partial charge in [-0.2, -0.15) is 0 Å². The van der Waals surface area contributed by atoms with Gasteiger partial charge in [-0.3, -0.25) is 4.79 Å². The van der Waals surface area contributed by atoms with Gasteiger partial charge in [-0.25, -0.2) is 4.79 Å². The number of hydrogen-bond donors (Lipinski definition) is 1. The van der Waals surface area contributed by atoms with Gasteiger partial charge in [0.1, 0.15) is 6.04 Å². The predicted molar refractivity (Wildman–Crippen MR) is 65.0 cm³/mol. The summed E-state index contributed by atoms with van der Waals surface area (Å²) >= 11 is 0. The Kier molecular flexibility index (Phi) is 3.13. The minimum Gasteiger partial charge on any atom is -0.480 e. The van der Waals surface area contributed by atoms with Crippen LogP contribution in [0.4, 0.5) is 0 Å². The SMILES string of the molecule is CO[C@H](C)CC(=O)N1C[C@H]2[C@@H]([C@H]1C(=O)O)C2(C)C. The number of piperidine rings is 1. The molecule has 1 amide bonds. The molecule has 2 rings (SSSR count). The molecule has 5 nitrogen and oxygen atoms in total. The average molecular weight is 255 g/mol. The third kappa shape index (κ3) is 1.90. The summed E-state index contributed by atoms with van der Waals surface area (Å²) in [6, 6.07) is -0.651. The summed E-state index contributed by atoms with van der Waals surface area (Å²) in [4.78, 5) is 25.0. The number of aliphatic carboxylic acids is 1. The summed E-state index contributed by atoms with van der Waals surface area (Å²) in [6.07, 6.45) is 0.0806. The maximum Gasteiger partial charge on any atom is 0.326 e. The largest absolute Gasteiger partial charge is 0.480 e. The van der Waals surface area contributed by atoms with Crippen molar-refractivity contribution in [2.24, 2.45) is 17.3 Å². The van der Waals surface area contributed by atoms with E-state index >= 15 is 0 Å². The topological polar surface area (TPSA) is 66.8 Å². The summed E-state index contributed by atoms with van der Waals surface area (Å²) in [6.45, 7) is 6.55. The van der Waals surface area contributed by atoms with Crippen molar-refractivity contribution in [1.82, 2.24) is 4.90 Å². The number of carboxylic acids is 1. The third-order valence-electron chi connectivity index (χ3n) is 4.65. The van der Waals surface area contributed by atoms with Crippen LogP contribution in [-0.4, -0.2) is 47.7 Å². The minimum atomic E-state index is -0.883. The first-order valence-electron chi connectivity index (χ1n) is 6.35. The fraction of sp³-hybridized carbons (Fsp3) is 0.846. The standard InChI is InChI=1S/C13H21NO4/c1-7(18-4)5-9(15)14-6-8-10(13(8,2)3)11(14)12(16)17/h7-8,10-11H,5-6H2,1-4H3,(H,16,17)/t7-,8+,10+,11+/m1/s1. The lowest BCUT2D eigenvalue weighted by Crippen LogP contribution is -2.46. The van der Waals surface area contributed by atoms with E-state index in [9.17, 15) is 14.7 Å². The zero-order chi connectivity index (χ0) is 13.7. The van der Waals surface area contributed by atoms with Gasteiger partial charge in [0.2, 0.25) is 5.91 Å². The van der Waals surface area contributed by atoms with Crippen molar-refractivity contribution in [1.29, 1.82) is 0 Å². The molecule has 1 saturated carbocycles. The number of carbonyl (C=O) groups is 2. The lowest BCUT2D eigenvalue weighted by Gasteiger charge is -2.28. The van der Waals surface area contributed by atoms with Crippen molar-refractivity contribution >= 4 is 11.9 Å². The highest BCUT2D eigenvalue weighted by atomic mass is 16.5. The molecule has 102 valence electrons. The second kappa shape index (κ2) is 4.23. The van der Waals surface area contributed by atoms with E-state index in [0.717, 1.165) is 0 Å². The smallest absolute Gasteiger partial charge is 0.326 e. The number of rotatable bonds is 4. The zero-order valence-electron chi connectivity index (χ0n) is 11.3. The molecule has 2 aliphatic rings. The van der Waals surface area contributed by atoms with E-state index in [1.54, 1.807) is 7.11 Å². The molecule has 2 fully saturated rings. The number of likely N-dealkylation sites (tertiary alicyclic amines) is 1. The maximum atomic E-state index is 12.1. The third-order valence-corrected chi connectivity index (χ3v) is 4.65. The first-order chi connectivity index (χ1) is 8.30. The second-order valence-corrected chi connectivity index (χ2v) is 6.03. The number of ether oxygens (including phenoxy) is 1. The highest BCUT2D eigenvalue weighted by Crippen LogP contribution is 2.64. The van der Waals surface area contributed by atoms with Crippen molar-refractivity contribution in [3.8, 4) is 0 Å². The number of fused-ring (bicyclic) bond motifs is 1. The summed E-state index contributed by atoms with van der Waals surface area (Å²) in [5, 5.41) is 9.33. The van der Waals surface area contributed by atoms with Crippen molar-refractivity contribution in [2.75, 3.05) is 13.7 Å². The molecule has 0 radical (unpaired) electrons. The van der Waals surface area contributed by atoms with Crippen LogP contribution in [0.25, 0.3) is 0 Å². The Labute approximate surface area is 107 Å². The molecule has 0 aromatic rings. The van der Waals surface area contributed by atoms with E-state index in [-0.39, 0.29) is 29.8 Å². The van der Waals surface area contributed by atoms with Gasteiger partial charge < -0.3 is 14.7 Å². The quantitative estimate of drug-likeness (QED) is 0.813. The van der Waals surface area contributed by atoms with E-state index in [4.69, 9.17) is 4.74 Å². The molecule has 1 aliphatic carbocycles. The molecule has 4 atom stereocenters. The van der Waals surface area contributed by atoms with Gasteiger partial charge >= 0.3 is 5.97 Å². The normalized spacial score (nSPS) is 34.0. The molecule has 18 heavy (non-hydrogen) atoms. The molecule has 1 N–H and O–H groups in total. The molecule has 0 unspecified atom stereocenters. The Morgan fingerprint density at radius 3 is 2.61 bits per heavy atom. The molecule has 0 aromatic heterocycles. The molecular formula is C13H21NO4. The van der Waals surface area contributed by atoms with Crippen LogP contribution in [0.5, 0.6) is 0 Å². The molecule has 5 heteroatoms. The Balaban J connectivity index is 2.07. The van der Waals surface area contributed by atoms with Crippen LogP contribution in [0.3, 0.4) is 0 Å². The van der Waals surface area contributed by atoms with E-state index in [1.807, 2.05) is 6.92 Å². The minimum absolute atomic E-state index is 0.0622. The van der Waals surface area contributed by atoms with Crippen LogP contribution in [0.2, 0.25) is 0 Å². The fourth-order valence-electron chi connectivity index (χ4n) is 3.27. The number of hydrogen-bond acceptors (Lipinski definition) is 3. The molecule has 1 saturated heterocycles. The highest BCUT2D eigenvalue weighted by Gasteiger charge is 2.69. The lowest BCUT2D eigenvalue weighted by molar-refractivity contribution is -0.151. The Morgan fingerprint density at radius 1 is 1.50 bits per heavy atom. The average Bonchev–Trinajstić information content (AvgIpc) is 2.67. The number of carbonyl (C=O) groups excluding carboxylic acids is 1. The van der Waals surface area contributed by atoms with Gasteiger partial charge in [-0.05, 0) is 18.3 Å². The molecular weight excluding hydrogens is 234 g/mol. The van der Waals surface area contributed by atoms with Gasteiger partial charge in [0.15, 0.2) is 0 Å². The molecule has 1 aliphatic heterocycles. The first kappa shape index (κ1) is 13.3. The van der Waals surface area contributed by atoms with Gasteiger partial charge in [0.05, 0.1) is 12.5 Å². The second-order valence-electron chi connectivity index (χ2n) is 6.03. The summed E-state index contributed by atoms with van der Waals surface area (Å²) in [5.74, 6) is -0.552. The van der Waals surface area contributed by atoms with Gasteiger partial charge in [0.25, 0.3) is 0 Å². The highest BCUT2D eigenvalue weighted by molar-refractivity contribution is 5.85. The monoisotopic (exact) mass is 255 g/mol. The van der Waals surface area contributed by atoms with Crippen LogP contribution >= 0.6 is 0 Å². The number of carboxylic acid groups (broad SMARTS) is 1. The predicted octanol–water partition coefficient (Wildman–Crippen LogP) is 0.979. The Morgan fingerprint density at radius 2 is 2.11 bits per heavy atom. The van der Waals surface area contributed by atoms with Crippen LogP contribution in [0.1, 0.15) is 27.2 Å². The van der Waals surface area contributed by atoms with Crippen molar-refractivity contribution in [2.45, 2.75) is 39.3 Å². The van der Waals surface area contributed by atoms with Gasteiger partial charge in [0, 0.05) is 19.6 Å². The van der Waals surface area contributed by atoms with Crippen LogP contribution in [0, 0.1) is 17.3 Å². The summed E-state index contributed by atoms with van der Waals surface area (Å²) in [5.41, 5.74) is 0.0622. The van der Waals surface area contributed by atoms with Crippen LogP contribution < -0.4 is 0 Å². The number of nitrogens with zero attached hydrogens (tertiary/aromatic N) is 1. The molecule has 0 bridgehead atoms. The van der Waals surface area contributed by atoms with Crippen molar-refractivity contribution < 1.29 is 19.4 Å².